The summed E-state index contributed by atoms with van der Waals surface area (Å²) in [7, 11) is 1.43. The number of aromatic nitrogens is 3. The van der Waals surface area contributed by atoms with Crippen LogP contribution in [0.4, 0.5) is 4.79 Å². The van der Waals surface area contributed by atoms with Crippen molar-refractivity contribution in [2.75, 3.05) is 20.1 Å². The number of urea groups is 1. The summed E-state index contributed by atoms with van der Waals surface area (Å²) in [6.07, 6.45) is 2.82. The minimum Gasteiger partial charge on any atom is -0.480 e. The molecule has 0 bridgehead atoms. The maximum absolute atomic E-state index is 11.4. The first-order valence-electron chi connectivity index (χ1n) is 5.14. The second kappa shape index (κ2) is 6.46. The van der Waals surface area contributed by atoms with E-state index in [2.05, 4.69) is 20.5 Å². The van der Waals surface area contributed by atoms with E-state index in [1.807, 2.05) is 0 Å². The molecule has 0 spiro atoms. The van der Waals surface area contributed by atoms with Gasteiger partial charge in [-0.1, -0.05) is 0 Å². The van der Waals surface area contributed by atoms with Crippen molar-refractivity contribution in [1.82, 2.24) is 25.4 Å². The standard InChI is InChI=1S/C9H15N5O3/c1-14(5-8(15)16)9(17)10-4-2-3-7-11-6-12-13-7/h6H,2-5H2,1H3,(H,10,17)(H,15,16)(H,11,12,13). The van der Waals surface area contributed by atoms with Crippen molar-refractivity contribution in [3.8, 4) is 0 Å². The number of rotatable bonds is 6. The second-order valence-electron chi connectivity index (χ2n) is 3.52. The van der Waals surface area contributed by atoms with Crippen molar-refractivity contribution in [3.05, 3.63) is 12.2 Å². The summed E-state index contributed by atoms with van der Waals surface area (Å²) in [6, 6.07) is -0.398. The Balaban J connectivity index is 2.13. The first kappa shape index (κ1) is 12.9. The van der Waals surface area contributed by atoms with E-state index in [-0.39, 0.29) is 6.54 Å². The minimum absolute atomic E-state index is 0.312. The highest BCUT2D eigenvalue weighted by atomic mass is 16.4. The fraction of sp³-hybridized carbons (Fsp3) is 0.556. The van der Waals surface area contributed by atoms with Crippen LogP contribution in [0.25, 0.3) is 0 Å². The van der Waals surface area contributed by atoms with Crippen molar-refractivity contribution >= 4 is 12.0 Å². The molecule has 0 fully saturated rings. The van der Waals surface area contributed by atoms with Crippen LogP contribution in [-0.4, -0.2) is 57.3 Å². The highest BCUT2D eigenvalue weighted by Crippen LogP contribution is 1.92. The molecule has 0 unspecified atom stereocenters. The number of nitrogens with zero attached hydrogens (tertiary/aromatic N) is 3. The summed E-state index contributed by atoms with van der Waals surface area (Å²) in [6.45, 7) is 0.150. The summed E-state index contributed by atoms with van der Waals surface area (Å²) in [5.41, 5.74) is 0. The van der Waals surface area contributed by atoms with Gasteiger partial charge < -0.3 is 15.3 Å². The normalized spacial score (nSPS) is 9.94. The lowest BCUT2D eigenvalue weighted by Gasteiger charge is -2.15. The van der Waals surface area contributed by atoms with E-state index in [1.165, 1.54) is 13.4 Å². The highest BCUT2D eigenvalue weighted by molar-refractivity contribution is 5.79. The van der Waals surface area contributed by atoms with Crippen LogP contribution in [-0.2, 0) is 11.2 Å². The fourth-order valence-electron chi connectivity index (χ4n) is 1.21. The van der Waals surface area contributed by atoms with Gasteiger partial charge >= 0.3 is 12.0 Å². The van der Waals surface area contributed by atoms with Crippen molar-refractivity contribution in [2.24, 2.45) is 0 Å². The third kappa shape index (κ3) is 4.96. The van der Waals surface area contributed by atoms with Gasteiger partial charge in [0.05, 0.1) is 0 Å². The van der Waals surface area contributed by atoms with E-state index >= 15 is 0 Å². The van der Waals surface area contributed by atoms with Gasteiger partial charge in [-0.2, -0.15) is 5.10 Å². The molecule has 17 heavy (non-hydrogen) atoms. The monoisotopic (exact) mass is 241 g/mol. The molecule has 1 heterocycles. The van der Waals surface area contributed by atoms with Gasteiger partial charge in [0.1, 0.15) is 18.7 Å². The van der Waals surface area contributed by atoms with Crippen molar-refractivity contribution in [2.45, 2.75) is 12.8 Å². The summed E-state index contributed by atoms with van der Waals surface area (Å²) in [4.78, 5) is 26.8. The molecule has 0 atom stereocenters. The molecule has 0 aliphatic carbocycles. The predicted molar refractivity (Wildman–Crippen MR) is 58.4 cm³/mol. The lowest BCUT2D eigenvalue weighted by atomic mass is 10.3. The van der Waals surface area contributed by atoms with Crippen LogP contribution in [0, 0.1) is 0 Å². The van der Waals surface area contributed by atoms with E-state index in [4.69, 9.17) is 5.11 Å². The number of carboxylic acid groups (broad SMARTS) is 1. The Morgan fingerprint density at radius 1 is 1.59 bits per heavy atom. The van der Waals surface area contributed by atoms with Gasteiger partial charge in [-0.3, -0.25) is 9.89 Å². The number of amides is 2. The molecule has 2 amide bonds. The summed E-state index contributed by atoms with van der Waals surface area (Å²) in [5.74, 6) is -0.276. The van der Waals surface area contributed by atoms with Gasteiger partial charge in [-0.25, -0.2) is 9.78 Å². The highest BCUT2D eigenvalue weighted by Gasteiger charge is 2.10. The number of hydrogen-bond acceptors (Lipinski definition) is 4. The maximum atomic E-state index is 11.4. The van der Waals surface area contributed by atoms with Crippen molar-refractivity contribution in [3.63, 3.8) is 0 Å². The average molecular weight is 241 g/mol. The molecule has 0 saturated carbocycles. The van der Waals surface area contributed by atoms with Gasteiger partial charge in [0.15, 0.2) is 0 Å². The van der Waals surface area contributed by atoms with Crippen LogP contribution in [0.15, 0.2) is 6.33 Å². The van der Waals surface area contributed by atoms with E-state index in [0.717, 1.165) is 10.7 Å². The number of carboxylic acids is 1. The number of hydrogen-bond donors (Lipinski definition) is 3. The molecule has 8 heteroatoms. The van der Waals surface area contributed by atoms with Crippen molar-refractivity contribution < 1.29 is 14.7 Å². The number of carbonyl (C=O) groups is 2. The third-order valence-electron chi connectivity index (χ3n) is 2.05. The fourth-order valence-corrected chi connectivity index (χ4v) is 1.21. The van der Waals surface area contributed by atoms with Crippen LogP contribution < -0.4 is 5.32 Å². The molecule has 1 aromatic rings. The van der Waals surface area contributed by atoms with Crippen LogP contribution in [0.5, 0.6) is 0 Å². The Labute approximate surface area is 98.0 Å². The van der Waals surface area contributed by atoms with Crippen LogP contribution in [0.3, 0.4) is 0 Å². The Morgan fingerprint density at radius 3 is 2.94 bits per heavy atom. The zero-order chi connectivity index (χ0) is 12.7. The van der Waals surface area contributed by atoms with Gasteiger partial charge in [-0.05, 0) is 6.42 Å². The molecule has 0 radical (unpaired) electrons. The zero-order valence-corrected chi connectivity index (χ0v) is 9.51. The predicted octanol–water partition coefficient (Wildman–Crippen LogP) is -0.537. The smallest absolute Gasteiger partial charge is 0.323 e. The Morgan fingerprint density at radius 2 is 2.35 bits per heavy atom. The molecule has 1 rings (SSSR count). The Hall–Kier alpha value is -2.12. The second-order valence-corrected chi connectivity index (χ2v) is 3.52. The molecule has 3 N–H and O–H groups in total. The van der Waals surface area contributed by atoms with Crippen LogP contribution >= 0.6 is 0 Å². The third-order valence-corrected chi connectivity index (χ3v) is 2.05. The lowest BCUT2D eigenvalue weighted by Crippen LogP contribution is -2.40. The minimum atomic E-state index is -1.04. The first-order chi connectivity index (χ1) is 8.09. The molecular formula is C9H15N5O3. The molecule has 0 aliphatic rings. The van der Waals surface area contributed by atoms with E-state index in [1.54, 1.807) is 0 Å². The summed E-state index contributed by atoms with van der Waals surface area (Å²) in [5, 5.41) is 17.5. The van der Waals surface area contributed by atoms with Gasteiger partial charge in [0.2, 0.25) is 0 Å². The number of likely N-dealkylation sites (N-methyl/N-ethyl adjacent to an activating group) is 1. The number of H-pyrrole nitrogens is 1. The lowest BCUT2D eigenvalue weighted by molar-refractivity contribution is -0.137. The number of carbonyl (C=O) groups excluding carboxylic acids is 1. The molecular weight excluding hydrogens is 226 g/mol. The molecule has 0 aromatic carbocycles. The number of nitrogens with one attached hydrogen (secondary N) is 2. The molecule has 0 aliphatic heterocycles. The summed E-state index contributed by atoms with van der Waals surface area (Å²) < 4.78 is 0. The number of aryl methyl sites for hydroxylation is 1. The van der Waals surface area contributed by atoms with Crippen LogP contribution in [0.1, 0.15) is 12.2 Å². The van der Waals surface area contributed by atoms with Gasteiger partial charge in [0, 0.05) is 20.0 Å². The maximum Gasteiger partial charge on any atom is 0.323 e. The van der Waals surface area contributed by atoms with Gasteiger partial charge in [0.25, 0.3) is 0 Å². The first-order valence-corrected chi connectivity index (χ1v) is 5.14. The number of aromatic amines is 1. The molecule has 94 valence electrons. The Kier molecular flexibility index (Phi) is 4.92. The molecule has 0 saturated heterocycles. The van der Waals surface area contributed by atoms with E-state index in [0.29, 0.717) is 19.4 Å². The molecule has 8 nitrogen and oxygen atoms in total. The summed E-state index contributed by atoms with van der Waals surface area (Å²) >= 11 is 0. The SMILES string of the molecule is CN(CC(=O)O)C(=O)NCCCc1ncn[nH]1. The van der Waals surface area contributed by atoms with Crippen molar-refractivity contribution in [1.29, 1.82) is 0 Å². The van der Waals surface area contributed by atoms with E-state index in [9.17, 15) is 9.59 Å². The van der Waals surface area contributed by atoms with Gasteiger partial charge in [-0.15, -0.1) is 0 Å². The largest absolute Gasteiger partial charge is 0.480 e. The molecule has 1 aromatic heterocycles. The topological polar surface area (TPSA) is 111 Å². The quantitative estimate of drug-likeness (QED) is 0.579. The number of aliphatic carboxylic acids is 1. The van der Waals surface area contributed by atoms with E-state index < -0.39 is 12.0 Å². The Bertz CT molecular complexity index is 365. The zero-order valence-electron chi connectivity index (χ0n) is 9.51. The average Bonchev–Trinajstić information content (AvgIpc) is 2.75. The van der Waals surface area contributed by atoms with Crippen LogP contribution in [0.2, 0.25) is 0 Å².